The molecule has 2 heteroatoms. The van der Waals surface area contributed by atoms with E-state index in [-0.39, 0.29) is 12.1 Å². The van der Waals surface area contributed by atoms with Crippen LogP contribution in [0.4, 0.5) is 0 Å². The van der Waals surface area contributed by atoms with Gasteiger partial charge in [0.25, 0.3) is 0 Å². The third kappa shape index (κ3) is 21.8. The molecule has 28 heavy (non-hydrogen) atoms. The number of hydrogen-bond acceptors (Lipinski definition) is 2. The van der Waals surface area contributed by atoms with Crippen LogP contribution in [0.3, 0.4) is 0 Å². The molecule has 0 fully saturated rings. The maximum Gasteiger partial charge on any atom is 0.302 e. The first-order valence-corrected chi connectivity index (χ1v) is 12.9. The second kappa shape index (κ2) is 22.8. The molecular formula is C26H52O2. The van der Waals surface area contributed by atoms with Gasteiger partial charge in [0.2, 0.25) is 0 Å². The highest BCUT2D eigenvalue weighted by Gasteiger charge is 2.11. The van der Waals surface area contributed by atoms with E-state index >= 15 is 0 Å². The summed E-state index contributed by atoms with van der Waals surface area (Å²) in [6, 6.07) is 0. The Labute approximate surface area is 177 Å². The Morgan fingerprint density at radius 2 is 0.821 bits per heavy atom. The molecule has 0 bridgehead atoms. The summed E-state index contributed by atoms with van der Waals surface area (Å²) in [7, 11) is 0. The molecule has 0 aromatic heterocycles. The molecule has 0 saturated heterocycles. The summed E-state index contributed by atoms with van der Waals surface area (Å²) in [4.78, 5) is 11.2. The normalized spacial score (nSPS) is 12.2. The van der Waals surface area contributed by atoms with E-state index in [1.807, 2.05) is 0 Å². The van der Waals surface area contributed by atoms with E-state index in [4.69, 9.17) is 4.74 Å². The molecule has 0 aromatic carbocycles. The summed E-state index contributed by atoms with van der Waals surface area (Å²) in [5, 5.41) is 0. The van der Waals surface area contributed by atoms with Crippen LogP contribution in [0.25, 0.3) is 0 Å². The molecule has 0 N–H and O–H groups in total. The molecule has 0 amide bonds. The minimum absolute atomic E-state index is 0.113. The average molecular weight is 397 g/mol. The third-order valence-electron chi connectivity index (χ3n) is 5.84. The van der Waals surface area contributed by atoms with Crippen LogP contribution in [0.2, 0.25) is 0 Å². The summed E-state index contributed by atoms with van der Waals surface area (Å²) >= 11 is 0. The van der Waals surface area contributed by atoms with Crippen molar-refractivity contribution in [2.24, 2.45) is 0 Å². The highest BCUT2D eigenvalue weighted by molar-refractivity contribution is 5.66. The van der Waals surface area contributed by atoms with E-state index in [1.165, 1.54) is 122 Å². The van der Waals surface area contributed by atoms with Gasteiger partial charge in [-0.1, -0.05) is 123 Å². The molecule has 0 spiro atoms. The maximum absolute atomic E-state index is 11.2. The fraction of sp³-hybridized carbons (Fsp3) is 0.962. The van der Waals surface area contributed by atoms with E-state index in [1.54, 1.807) is 6.92 Å². The molecule has 2 nitrogen and oxygen atoms in total. The number of rotatable bonds is 22. The van der Waals surface area contributed by atoms with Crippen LogP contribution in [0.15, 0.2) is 0 Å². The average Bonchev–Trinajstić information content (AvgIpc) is 2.67. The zero-order valence-corrected chi connectivity index (χ0v) is 19.7. The Hall–Kier alpha value is -0.530. The van der Waals surface area contributed by atoms with Gasteiger partial charge in [-0.2, -0.15) is 0 Å². The molecule has 0 rings (SSSR count). The number of esters is 1. The van der Waals surface area contributed by atoms with Gasteiger partial charge >= 0.3 is 5.97 Å². The molecule has 0 heterocycles. The van der Waals surface area contributed by atoms with Crippen molar-refractivity contribution in [1.82, 2.24) is 0 Å². The highest BCUT2D eigenvalue weighted by atomic mass is 16.5. The summed E-state index contributed by atoms with van der Waals surface area (Å²) in [5.74, 6) is -0.113. The van der Waals surface area contributed by atoms with Crippen LogP contribution in [0, 0.1) is 0 Å². The Balaban J connectivity index is 3.33. The van der Waals surface area contributed by atoms with E-state index in [0.717, 1.165) is 12.8 Å². The minimum Gasteiger partial charge on any atom is -0.463 e. The molecule has 0 aromatic rings. The third-order valence-corrected chi connectivity index (χ3v) is 5.84. The first-order valence-electron chi connectivity index (χ1n) is 12.9. The summed E-state index contributed by atoms with van der Waals surface area (Å²) in [5.41, 5.74) is 0. The lowest BCUT2D eigenvalue weighted by atomic mass is 10.0. The fourth-order valence-corrected chi connectivity index (χ4v) is 4.04. The van der Waals surface area contributed by atoms with Gasteiger partial charge in [0, 0.05) is 6.92 Å². The van der Waals surface area contributed by atoms with Crippen molar-refractivity contribution in [1.29, 1.82) is 0 Å². The molecule has 1 unspecified atom stereocenters. The maximum atomic E-state index is 11.2. The topological polar surface area (TPSA) is 26.3 Å². The minimum atomic E-state index is -0.113. The van der Waals surface area contributed by atoms with Crippen molar-refractivity contribution < 1.29 is 9.53 Å². The van der Waals surface area contributed by atoms with Gasteiger partial charge in [0.1, 0.15) is 6.10 Å². The summed E-state index contributed by atoms with van der Waals surface area (Å²) in [6.45, 7) is 6.05. The number of hydrogen-bond donors (Lipinski definition) is 0. The van der Waals surface area contributed by atoms with E-state index < -0.39 is 0 Å². The zero-order chi connectivity index (χ0) is 20.7. The first-order chi connectivity index (χ1) is 13.7. The van der Waals surface area contributed by atoms with Crippen molar-refractivity contribution in [3.05, 3.63) is 0 Å². The molecule has 0 radical (unpaired) electrons. The Morgan fingerprint density at radius 3 is 1.18 bits per heavy atom. The van der Waals surface area contributed by atoms with Gasteiger partial charge in [0.15, 0.2) is 0 Å². The van der Waals surface area contributed by atoms with Crippen molar-refractivity contribution in [3.8, 4) is 0 Å². The van der Waals surface area contributed by atoms with Crippen molar-refractivity contribution in [2.75, 3.05) is 0 Å². The number of carbonyl (C=O) groups excluding carboxylic acids is 1. The summed E-state index contributed by atoms with van der Waals surface area (Å²) in [6.07, 6.45) is 28.3. The second-order valence-corrected chi connectivity index (χ2v) is 8.82. The number of ether oxygens (including phenoxy) is 1. The van der Waals surface area contributed by atoms with Crippen molar-refractivity contribution >= 4 is 5.97 Å². The van der Waals surface area contributed by atoms with E-state index in [0.29, 0.717) is 0 Å². The van der Waals surface area contributed by atoms with E-state index in [9.17, 15) is 4.79 Å². The van der Waals surface area contributed by atoms with Crippen molar-refractivity contribution in [2.45, 2.75) is 162 Å². The monoisotopic (exact) mass is 396 g/mol. The molecule has 1 atom stereocenters. The Bertz CT molecular complexity index is 314. The van der Waals surface area contributed by atoms with Crippen LogP contribution in [0.5, 0.6) is 0 Å². The van der Waals surface area contributed by atoms with Crippen LogP contribution in [-0.4, -0.2) is 12.1 Å². The number of carbonyl (C=O) groups is 1. The van der Waals surface area contributed by atoms with Gasteiger partial charge in [-0.15, -0.1) is 0 Å². The second-order valence-electron chi connectivity index (χ2n) is 8.82. The molecule has 168 valence electrons. The lowest BCUT2D eigenvalue weighted by Gasteiger charge is -2.16. The largest absolute Gasteiger partial charge is 0.463 e. The molecule has 0 aliphatic heterocycles. The van der Waals surface area contributed by atoms with Crippen molar-refractivity contribution in [3.63, 3.8) is 0 Å². The van der Waals surface area contributed by atoms with Gasteiger partial charge in [-0.05, 0) is 25.7 Å². The van der Waals surface area contributed by atoms with Crippen LogP contribution < -0.4 is 0 Å². The molecule has 0 saturated carbocycles. The van der Waals surface area contributed by atoms with Gasteiger partial charge in [0.05, 0.1) is 0 Å². The highest BCUT2D eigenvalue weighted by Crippen LogP contribution is 2.17. The molecular weight excluding hydrogens is 344 g/mol. The van der Waals surface area contributed by atoms with Gasteiger partial charge < -0.3 is 4.74 Å². The predicted molar refractivity (Wildman–Crippen MR) is 124 cm³/mol. The fourth-order valence-electron chi connectivity index (χ4n) is 4.04. The number of unbranched alkanes of at least 4 members (excludes halogenated alkanes) is 17. The lowest BCUT2D eigenvalue weighted by Crippen LogP contribution is -2.16. The van der Waals surface area contributed by atoms with E-state index in [2.05, 4.69) is 13.8 Å². The lowest BCUT2D eigenvalue weighted by molar-refractivity contribution is -0.147. The SMILES string of the molecule is CCCCCCCCCCCCCCCCCCC(CCCCC)OC(C)=O. The van der Waals surface area contributed by atoms with Crippen LogP contribution >= 0.6 is 0 Å². The molecule has 0 aliphatic rings. The summed E-state index contributed by atoms with van der Waals surface area (Å²) < 4.78 is 5.48. The molecule has 0 aliphatic carbocycles. The Morgan fingerprint density at radius 1 is 0.536 bits per heavy atom. The first kappa shape index (κ1) is 27.5. The Kier molecular flexibility index (Phi) is 22.3. The standard InChI is InChI=1S/C26H52O2/c1-4-6-8-9-10-11-12-13-14-15-16-17-18-19-20-22-24-26(28-25(3)27)23-21-7-5-2/h26H,4-24H2,1-3H3. The quantitative estimate of drug-likeness (QED) is 0.135. The van der Waals surface area contributed by atoms with Crippen LogP contribution in [0.1, 0.15) is 156 Å². The smallest absolute Gasteiger partial charge is 0.302 e. The van der Waals surface area contributed by atoms with Gasteiger partial charge in [-0.3, -0.25) is 4.79 Å². The van der Waals surface area contributed by atoms with Crippen LogP contribution in [-0.2, 0) is 9.53 Å². The zero-order valence-electron chi connectivity index (χ0n) is 19.7. The predicted octanol–water partition coefficient (Wildman–Crippen LogP) is 9.15. The van der Waals surface area contributed by atoms with Gasteiger partial charge in [-0.25, -0.2) is 0 Å².